The molecule has 3 rings (SSSR count). The molecule has 3 amide bonds. The molecule has 1 saturated heterocycles. The first-order valence-corrected chi connectivity index (χ1v) is 21.1. The van der Waals surface area contributed by atoms with Crippen molar-refractivity contribution in [3.05, 3.63) is 52.0 Å². The molecular weight excluding hydrogens is 751 g/mol. The van der Waals surface area contributed by atoms with Gasteiger partial charge in [-0.3, -0.25) is 33.7 Å². The van der Waals surface area contributed by atoms with Gasteiger partial charge in [0.25, 0.3) is 5.91 Å². The van der Waals surface area contributed by atoms with E-state index in [4.69, 9.17) is 9.47 Å². The summed E-state index contributed by atoms with van der Waals surface area (Å²) in [6.45, 7) is 12.8. The number of esters is 2. The highest BCUT2D eigenvalue weighted by molar-refractivity contribution is 7.09. The molecule has 14 nitrogen and oxygen atoms in total. The molecular formula is C42H63N5O9S. The van der Waals surface area contributed by atoms with Crippen molar-refractivity contribution in [1.82, 2.24) is 25.4 Å². The van der Waals surface area contributed by atoms with Crippen LogP contribution in [0, 0.1) is 17.8 Å². The van der Waals surface area contributed by atoms with Crippen molar-refractivity contribution in [3.63, 3.8) is 0 Å². The van der Waals surface area contributed by atoms with Crippen molar-refractivity contribution in [2.24, 2.45) is 17.8 Å². The Hall–Kier alpha value is -4.37. The summed E-state index contributed by atoms with van der Waals surface area (Å²) in [6.07, 6.45) is 3.59. The van der Waals surface area contributed by atoms with Gasteiger partial charge in [0.05, 0.1) is 12.0 Å². The van der Waals surface area contributed by atoms with E-state index in [0.29, 0.717) is 30.7 Å². The average Bonchev–Trinajstić information content (AvgIpc) is 3.67. The number of carboxylic acids is 1. The second-order valence-electron chi connectivity index (χ2n) is 15.6. The van der Waals surface area contributed by atoms with Gasteiger partial charge in [-0.2, -0.15) is 0 Å². The van der Waals surface area contributed by atoms with Crippen LogP contribution in [0.25, 0.3) is 0 Å². The number of aliphatic carboxylic acids is 1. The Kier molecular flexibility index (Phi) is 19.1. The first kappa shape index (κ1) is 47.0. The number of rotatable bonds is 22. The highest BCUT2D eigenvalue weighted by Gasteiger charge is 2.39. The lowest BCUT2D eigenvalue weighted by Gasteiger charge is -2.39. The van der Waals surface area contributed by atoms with Crippen LogP contribution < -0.4 is 10.6 Å². The first-order valence-electron chi connectivity index (χ1n) is 20.2. The van der Waals surface area contributed by atoms with Crippen molar-refractivity contribution in [2.75, 3.05) is 20.3 Å². The predicted molar refractivity (Wildman–Crippen MR) is 217 cm³/mol. The van der Waals surface area contributed by atoms with Crippen LogP contribution in [0.3, 0.4) is 0 Å². The van der Waals surface area contributed by atoms with Crippen LogP contribution in [0.15, 0.2) is 35.7 Å². The number of piperidine rings is 1. The van der Waals surface area contributed by atoms with Crippen LogP contribution in [0.4, 0.5) is 0 Å². The Bertz CT molecular complexity index is 1640. The summed E-state index contributed by atoms with van der Waals surface area (Å²) in [6, 6.07) is 7.01. The summed E-state index contributed by atoms with van der Waals surface area (Å²) < 4.78 is 11.5. The number of carbonyl (C=O) groups is 6. The summed E-state index contributed by atoms with van der Waals surface area (Å²) >= 11 is 1.12. The summed E-state index contributed by atoms with van der Waals surface area (Å²) in [4.78, 5) is 87.0. The molecule has 57 heavy (non-hydrogen) atoms. The Morgan fingerprint density at radius 3 is 2.32 bits per heavy atom. The first-order chi connectivity index (χ1) is 27.1. The fraction of sp³-hybridized carbons (Fsp3) is 0.643. The number of benzene rings is 1. The molecule has 1 aromatic heterocycles. The third-order valence-electron chi connectivity index (χ3n) is 10.6. The number of hydrogen-bond acceptors (Lipinski definition) is 11. The molecule has 2 aromatic rings. The molecule has 1 aromatic carbocycles. The maximum absolute atomic E-state index is 14.7. The number of nitrogens with one attached hydrogen (secondary N) is 2. The number of aromatic nitrogens is 1. The Labute approximate surface area is 341 Å². The van der Waals surface area contributed by atoms with E-state index >= 15 is 0 Å². The number of nitrogens with zero attached hydrogens (tertiary/aromatic N) is 3. The highest BCUT2D eigenvalue weighted by atomic mass is 32.1. The van der Waals surface area contributed by atoms with E-state index < -0.39 is 59.9 Å². The van der Waals surface area contributed by atoms with Crippen LogP contribution in [0.1, 0.15) is 127 Å². The molecule has 15 heteroatoms. The van der Waals surface area contributed by atoms with E-state index in [0.717, 1.165) is 36.3 Å². The average molecular weight is 814 g/mol. The van der Waals surface area contributed by atoms with Crippen molar-refractivity contribution >= 4 is 47.0 Å². The molecule has 0 bridgehead atoms. The molecule has 3 N–H and O–H groups in total. The van der Waals surface area contributed by atoms with Gasteiger partial charge in [0.2, 0.25) is 11.8 Å². The Balaban J connectivity index is 1.95. The molecule has 1 aliphatic heterocycles. The standard InChI is InChI=1S/C42H63N5O9S/c1-9-16-36(49)55-25-47(41(52)37(27(5)10-2)45-39(51)33-19-14-15-20-46(33)8)34(26(3)4)23-35(56-29(7)48)40-44-32(24-57-40)38(50)43-31(21-28(6)42(53)54)22-30-17-12-11-13-18-30/h11-13,17-18,24,26-28,31,33-35,37H,9-10,14-16,19-23,25H2,1-8H3,(H,43,50)(H,45,51)(H,53,54)/t27-,28-,31-,33-,34-,35+,37-/m1/s1. The maximum Gasteiger partial charge on any atom is 0.307 e. The summed E-state index contributed by atoms with van der Waals surface area (Å²) in [7, 11) is 1.91. The van der Waals surface area contributed by atoms with Crippen LogP contribution >= 0.6 is 11.3 Å². The topological polar surface area (TPSA) is 185 Å². The zero-order chi connectivity index (χ0) is 42.2. The summed E-state index contributed by atoms with van der Waals surface area (Å²) in [5.41, 5.74) is 1.01. The van der Waals surface area contributed by atoms with E-state index in [2.05, 4.69) is 15.6 Å². The lowest BCUT2D eigenvalue weighted by molar-refractivity contribution is -0.160. The van der Waals surface area contributed by atoms with Gasteiger partial charge in [-0.25, -0.2) is 4.98 Å². The van der Waals surface area contributed by atoms with Crippen molar-refractivity contribution < 1.29 is 43.3 Å². The predicted octanol–water partition coefficient (Wildman–Crippen LogP) is 5.76. The van der Waals surface area contributed by atoms with Crippen molar-refractivity contribution in [1.29, 1.82) is 0 Å². The van der Waals surface area contributed by atoms with Gasteiger partial charge < -0.3 is 30.1 Å². The normalized spacial score (nSPS) is 17.7. The molecule has 1 aliphatic rings. The van der Waals surface area contributed by atoms with E-state index in [9.17, 15) is 33.9 Å². The lowest BCUT2D eigenvalue weighted by atomic mass is 9.92. The third-order valence-corrected chi connectivity index (χ3v) is 11.6. The second-order valence-corrected chi connectivity index (χ2v) is 16.5. The van der Waals surface area contributed by atoms with Crippen LogP contribution in [-0.2, 0) is 39.9 Å². The number of amides is 3. The SMILES string of the molecule is CCCC(=O)OCN(C(=O)[C@H](NC(=O)[C@H]1CCCCN1C)[C@H](C)CC)[C@H](C[C@H](OC(C)=O)c1nc(C(=O)N[C@@H](Cc2ccccc2)C[C@@H](C)C(=O)O)cs1)C(C)C. The molecule has 1 fully saturated rings. The number of likely N-dealkylation sites (tertiary alicyclic amines) is 1. The fourth-order valence-corrected chi connectivity index (χ4v) is 7.89. The monoisotopic (exact) mass is 813 g/mol. The van der Waals surface area contributed by atoms with Gasteiger partial charge in [-0.1, -0.05) is 84.7 Å². The van der Waals surface area contributed by atoms with Crippen LogP contribution in [0.2, 0.25) is 0 Å². The van der Waals surface area contributed by atoms with E-state index in [1.165, 1.54) is 11.8 Å². The molecule has 0 saturated carbocycles. The minimum atomic E-state index is -0.984. The number of carboxylic acid groups (broad SMARTS) is 1. The van der Waals surface area contributed by atoms with Gasteiger partial charge in [0.15, 0.2) is 12.8 Å². The van der Waals surface area contributed by atoms with Crippen LogP contribution in [-0.4, -0.2) is 100 Å². The fourth-order valence-electron chi connectivity index (χ4n) is 7.06. The number of ether oxygens (including phenoxy) is 2. The van der Waals surface area contributed by atoms with Crippen molar-refractivity contribution in [3.8, 4) is 0 Å². The molecule has 0 unspecified atom stereocenters. The highest BCUT2D eigenvalue weighted by Crippen LogP contribution is 2.32. The Morgan fingerprint density at radius 2 is 1.72 bits per heavy atom. The molecule has 2 heterocycles. The Morgan fingerprint density at radius 1 is 1.02 bits per heavy atom. The minimum Gasteiger partial charge on any atom is -0.481 e. The lowest BCUT2D eigenvalue weighted by Crippen LogP contribution is -2.59. The quantitative estimate of drug-likeness (QED) is 0.0971. The summed E-state index contributed by atoms with van der Waals surface area (Å²) in [5, 5.41) is 17.5. The smallest absolute Gasteiger partial charge is 0.307 e. The number of likely N-dealkylation sites (N-methyl/N-ethyl adjacent to an activating group) is 1. The maximum atomic E-state index is 14.7. The second kappa shape index (κ2) is 23.1. The number of thiazole rings is 1. The van der Waals surface area contributed by atoms with E-state index in [1.807, 2.05) is 76.9 Å². The van der Waals surface area contributed by atoms with Gasteiger partial charge in [0.1, 0.15) is 16.7 Å². The van der Waals surface area contributed by atoms with Gasteiger partial charge in [-0.15, -0.1) is 11.3 Å². The zero-order valence-electron chi connectivity index (χ0n) is 34.8. The molecule has 0 aliphatic carbocycles. The molecule has 0 radical (unpaired) electrons. The van der Waals surface area contributed by atoms with Gasteiger partial charge >= 0.3 is 17.9 Å². The van der Waals surface area contributed by atoms with Crippen molar-refractivity contribution in [2.45, 2.75) is 137 Å². The molecule has 316 valence electrons. The van der Waals surface area contributed by atoms with E-state index in [1.54, 1.807) is 12.3 Å². The number of carbonyl (C=O) groups excluding carboxylic acids is 5. The van der Waals surface area contributed by atoms with E-state index in [-0.39, 0.29) is 55.5 Å². The third kappa shape index (κ3) is 14.5. The molecule has 7 atom stereocenters. The van der Waals surface area contributed by atoms with Gasteiger partial charge in [-0.05, 0) is 63.1 Å². The van der Waals surface area contributed by atoms with Crippen LogP contribution in [0.5, 0.6) is 0 Å². The zero-order valence-corrected chi connectivity index (χ0v) is 35.6. The largest absolute Gasteiger partial charge is 0.481 e. The summed E-state index contributed by atoms with van der Waals surface area (Å²) in [5.74, 6) is -4.39. The number of hydrogen-bond donors (Lipinski definition) is 3. The van der Waals surface area contributed by atoms with Gasteiger partial charge in [0, 0.05) is 37.2 Å². The molecule has 0 spiro atoms. The minimum absolute atomic E-state index is 0.0577.